The lowest BCUT2D eigenvalue weighted by molar-refractivity contribution is 0.0695. The van der Waals surface area contributed by atoms with Crippen LogP contribution in [0.15, 0.2) is 49.1 Å². The predicted molar refractivity (Wildman–Crippen MR) is 160 cm³/mol. The normalized spacial score (nSPS) is 9.29. The number of carboxylic acids is 1. The van der Waals surface area contributed by atoms with E-state index in [0.29, 0.717) is 16.9 Å². The minimum atomic E-state index is -1.29. The Morgan fingerprint density at radius 1 is 0.778 bits per heavy atom. The lowest BCUT2D eigenvalue weighted by Crippen LogP contribution is -2.12. The van der Waals surface area contributed by atoms with Gasteiger partial charge < -0.3 is 16.6 Å². The number of rotatable bonds is 2. The zero-order chi connectivity index (χ0) is 32.3. The van der Waals surface area contributed by atoms with E-state index < -0.39 is 35.1 Å². The number of nitrogens with zero attached hydrogens (tertiary/aromatic N) is 6. The van der Waals surface area contributed by atoms with Crippen molar-refractivity contribution in [3.05, 3.63) is 104 Å². The van der Waals surface area contributed by atoms with Gasteiger partial charge in [0, 0.05) is 0 Å². The van der Waals surface area contributed by atoms with Crippen molar-refractivity contribution in [2.24, 2.45) is 5.73 Å². The van der Waals surface area contributed by atoms with E-state index in [4.69, 9.17) is 56.6 Å². The summed E-state index contributed by atoms with van der Waals surface area (Å²) in [7, 11) is 0. The van der Waals surface area contributed by atoms with Crippen LogP contribution in [0.4, 0.5) is 23.4 Å². The third-order valence-electron chi connectivity index (χ3n) is 4.44. The molecule has 45 heavy (non-hydrogen) atoms. The average molecular weight is 691 g/mol. The number of pyridine rings is 4. The molecule has 0 fully saturated rings. The molecule has 5 aromatic rings. The van der Waals surface area contributed by atoms with Crippen LogP contribution in [-0.4, -0.2) is 47.1 Å². The van der Waals surface area contributed by atoms with Crippen molar-refractivity contribution in [1.82, 2.24) is 30.1 Å². The van der Waals surface area contributed by atoms with Gasteiger partial charge in [0.1, 0.15) is 50.6 Å². The van der Waals surface area contributed by atoms with Gasteiger partial charge in [0.15, 0.2) is 5.65 Å². The molecule has 0 saturated carbocycles. The number of carbonyl (C=O) groups is 2. The van der Waals surface area contributed by atoms with Crippen LogP contribution >= 0.6 is 34.8 Å². The van der Waals surface area contributed by atoms with Gasteiger partial charge in [-0.25, -0.2) is 42.3 Å². The van der Waals surface area contributed by atoms with Crippen LogP contribution in [0.1, 0.15) is 41.1 Å². The number of carbonyl (C=O) groups excluding carboxylic acids is 1. The maximum Gasteiger partial charge on any atom is 0.338 e. The van der Waals surface area contributed by atoms with Gasteiger partial charge in [0.25, 0.3) is 5.91 Å². The molecule has 0 bridgehead atoms. The summed E-state index contributed by atoms with van der Waals surface area (Å²) in [5, 5.41) is 23.2. The number of anilines is 1. The zero-order valence-corrected chi connectivity index (χ0v) is 23.1. The molecule has 0 spiro atoms. The zero-order valence-electron chi connectivity index (χ0n) is 20.9. The number of H-pyrrole nitrogens is 1. The van der Waals surface area contributed by atoms with E-state index in [1.807, 2.05) is 0 Å². The second kappa shape index (κ2) is 18.5. The molecule has 19 heteroatoms. The molecule has 5 heterocycles. The van der Waals surface area contributed by atoms with E-state index in [2.05, 4.69) is 30.1 Å². The Hall–Kier alpha value is -5.11. The van der Waals surface area contributed by atoms with E-state index in [-0.39, 0.29) is 47.0 Å². The van der Waals surface area contributed by atoms with Crippen molar-refractivity contribution in [2.45, 2.75) is 14.9 Å². The number of aromatic amines is 1. The average Bonchev–Trinajstić information content (AvgIpc) is 3.33. The first kappa shape index (κ1) is 39.9. The largest absolute Gasteiger partial charge is 0.478 e. The molecular formula is C26H22Cl3F4N9O3. The second-order valence-electron chi connectivity index (χ2n) is 7.42. The van der Waals surface area contributed by atoms with Crippen LogP contribution in [0.5, 0.6) is 0 Å². The summed E-state index contributed by atoms with van der Waals surface area (Å²) in [5.74, 6) is -4.06. The molecule has 0 aromatic carbocycles. The number of nitrogens with one attached hydrogen (secondary N) is 1. The molecule has 6 N–H and O–H groups in total. The third kappa shape index (κ3) is 12.2. The van der Waals surface area contributed by atoms with Gasteiger partial charge in [0.2, 0.25) is 0 Å². The summed E-state index contributed by atoms with van der Waals surface area (Å²) in [6.07, 6.45) is 3.83. The van der Waals surface area contributed by atoms with Crippen molar-refractivity contribution in [1.29, 1.82) is 5.26 Å². The minimum absolute atomic E-state index is 0. The number of aromatic carboxylic acids is 1. The molecule has 0 aliphatic rings. The maximum absolute atomic E-state index is 12.5. The molecule has 0 atom stereocenters. The van der Waals surface area contributed by atoms with Crippen molar-refractivity contribution in [3.8, 4) is 6.07 Å². The quantitative estimate of drug-likeness (QED) is 0.121. The van der Waals surface area contributed by atoms with Gasteiger partial charge in [-0.2, -0.15) is 10.4 Å². The SMILES string of the molecule is C.C.N#Cc1cc(F)cnc1Cl.NC(=O)c1cc(F)cnc1Cl.Nc1[nH]nc2ncc(F)cc12.O=C(O)c1cc(F)cnc1Cl. The van der Waals surface area contributed by atoms with E-state index in [1.54, 1.807) is 6.07 Å². The highest BCUT2D eigenvalue weighted by molar-refractivity contribution is 6.32. The van der Waals surface area contributed by atoms with Crippen LogP contribution in [0.2, 0.25) is 15.5 Å². The van der Waals surface area contributed by atoms with Crippen molar-refractivity contribution in [3.63, 3.8) is 0 Å². The van der Waals surface area contributed by atoms with E-state index >= 15 is 0 Å². The smallest absolute Gasteiger partial charge is 0.338 e. The molecule has 12 nitrogen and oxygen atoms in total. The molecule has 238 valence electrons. The molecule has 0 unspecified atom stereocenters. The number of hydrogen-bond donors (Lipinski definition) is 4. The first-order valence-electron chi connectivity index (χ1n) is 10.8. The van der Waals surface area contributed by atoms with Crippen LogP contribution in [0.25, 0.3) is 11.0 Å². The number of carboxylic acid groups (broad SMARTS) is 1. The summed E-state index contributed by atoms with van der Waals surface area (Å²) >= 11 is 16.1. The summed E-state index contributed by atoms with van der Waals surface area (Å²) in [4.78, 5) is 34.6. The molecule has 0 saturated heterocycles. The Labute approximate surface area is 267 Å². The lowest BCUT2D eigenvalue weighted by atomic mass is 10.3. The van der Waals surface area contributed by atoms with Crippen LogP contribution < -0.4 is 11.5 Å². The number of hydrogen-bond acceptors (Lipinski definition) is 9. The van der Waals surface area contributed by atoms with Crippen molar-refractivity contribution >= 4 is 63.5 Å². The van der Waals surface area contributed by atoms with E-state index in [1.165, 1.54) is 6.07 Å². The van der Waals surface area contributed by atoms with Gasteiger partial charge in [-0.05, 0) is 24.3 Å². The highest BCUT2D eigenvalue weighted by Crippen LogP contribution is 2.16. The fraction of sp³-hybridized carbons (Fsp3) is 0.0769. The van der Waals surface area contributed by atoms with Gasteiger partial charge >= 0.3 is 5.97 Å². The van der Waals surface area contributed by atoms with Crippen molar-refractivity contribution < 1.29 is 32.3 Å². The number of fused-ring (bicyclic) bond motifs is 1. The van der Waals surface area contributed by atoms with E-state index in [0.717, 1.165) is 43.0 Å². The Bertz CT molecular complexity index is 1760. The Morgan fingerprint density at radius 3 is 1.67 bits per heavy atom. The number of nitrogen functional groups attached to an aromatic ring is 1. The van der Waals surface area contributed by atoms with Crippen molar-refractivity contribution in [2.75, 3.05) is 5.73 Å². The maximum atomic E-state index is 12.5. The van der Waals surface area contributed by atoms with Gasteiger partial charge in [0.05, 0.1) is 46.9 Å². The standard InChI is InChI=1S/C6H4ClFN2O.C6H2ClFN2.C6H3ClFNO2.C6H5FN4.2CH4/c7-5-4(6(9)11)1-3(8)2-10-5;7-6-4(2-9)1-5(8)3-10-6;7-5-4(6(10)11)1-3(8)2-9-5;7-3-1-4-5(8)10-11-6(4)9-2-3;;/h1-2H,(H2,9,11);1,3H;1-2H,(H,10,11);1-2H,(H3,8,9,10,11);2*1H4. The molecule has 0 aliphatic carbocycles. The number of primary amides is 1. The van der Waals surface area contributed by atoms with Crippen LogP contribution in [0.3, 0.4) is 0 Å². The highest BCUT2D eigenvalue weighted by Gasteiger charge is 2.10. The molecule has 1 amide bonds. The molecule has 0 aliphatic heterocycles. The molecule has 5 aromatic heterocycles. The Kier molecular flexibility index (Phi) is 16.4. The number of nitrogens with two attached hydrogens (primary N) is 2. The summed E-state index contributed by atoms with van der Waals surface area (Å²) < 4.78 is 49.5. The molecule has 0 radical (unpaired) electrons. The Balaban J connectivity index is 0.000000566. The summed E-state index contributed by atoms with van der Waals surface area (Å²) in [5.41, 5.74) is 10.3. The van der Waals surface area contributed by atoms with E-state index in [9.17, 15) is 27.2 Å². The van der Waals surface area contributed by atoms with Crippen LogP contribution in [-0.2, 0) is 0 Å². The number of nitriles is 1. The highest BCUT2D eigenvalue weighted by atomic mass is 35.5. The number of halogens is 7. The second-order valence-corrected chi connectivity index (χ2v) is 8.49. The van der Waals surface area contributed by atoms with Gasteiger partial charge in [-0.15, -0.1) is 0 Å². The number of aromatic nitrogens is 6. The van der Waals surface area contributed by atoms with Gasteiger partial charge in [-0.3, -0.25) is 9.89 Å². The molecule has 5 rings (SSSR count). The predicted octanol–water partition coefficient (Wildman–Crippen LogP) is 6.24. The fourth-order valence-corrected chi connectivity index (χ4v) is 3.09. The topological polar surface area (TPSA) is 210 Å². The third-order valence-corrected chi connectivity index (χ3v) is 5.34. The summed E-state index contributed by atoms with van der Waals surface area (Å²) in [6, 6.07) is 5.79. The Morgan fingerprint density at radius 2 is 1.22 bits per heavy atom. The summed E-state index contributed by atoms with van der Waals surface area (Å²) in [6.45, 7) is 0. The number of amides is 1. The van der Waals surface area contributed by atoms with Gasteiger partial charge in [-0.1, -0.05) is 49.7 Å². The fourth-order valence-electron chi connectivity index (χ4n) is 2.56. The minimum Gasteiger partial charge on any atom is -0.478 e. The van der Waals surface area contributed by atoms with Crippen LogP contribution in [0, 0.1) is 34.6 Å². The first-order valence-corrected chi connectivity index (χ1v) is 12.0. The lowest BCUT2D eigenvalue weighted by Gasteiger charge is -1.96. The first-order chi connectivity index (χ1) is 20.2. The molecular weight excluding hydrogens is 669 g/mol. The monoisotopic (exact) mass is 689 g/mol.